The lowest BCUT2D eigenvalue weighted by Crippen LogP contribution is -2.22. The summed E-state index contributed by atoms with van der Waals surface area (Å²) in [6.45, 7) is 3.71. The lowest BCUT2D eigenvalue weighted by molar-refractivity contribution is -0.119. The first kappa shape index (κ1) is 24.7. The average Bonchev–Trinajstić information content (AvgIpc) is 3.47. The molecule has 2 N–H and O–H groups in total. The molecular weight excluding hydrogens is 490 g/mol. The number of methoxy groups -OCH3 is 1. The number of aromatic amines is 1. The highest BCUT2D eigenvalue weighted by Crippen LogP contribution is 2.40. The molecule has 2 aromatic carbocycles. The zero-order chi connectivity index (χ0) is 26.1. The Bertz CT molecular complexity index is 1500. The molecular formula is C28H27N3O5S. The quantitative estimate of drug-likeness (QED) is 0.336. The van der Waals surface area contributed by atoms with Crippen molar-refractivity contribution >= 4 is 45.2 Å². The fourth-order valence-electron chi connectivity index (χ4n) is 4.52. The van der Waals surface area contributed by atoms with Crippen molar-refractivity contribution in [1.82, 2.24) is 9.97 Å². The fraction of sp³-hybridized carbons (Fsp3) is 0.286. The van der Waals surface area contributed by atoms with Crippen molar-refractivity contribution in [1.29, 1.82) is 0 Å². The predicted octanol–water partition coefficient (Wildman–Crippen LogP) is 5.31. The van der Waals surface area contributed by atoms with Gasteiger partial charge in [-0.2, -0.15) is 0 Å². The van der Waals surface area contributed by atoms with Crippen LogP contribution in [0.15, 0.2) is 42.5 Å². The Hall–Kier alpha value is -3.98. The van der Waals surface area contributed by atoms with Crippen LogP contribution in [0.1, 0.15) is 50.1 Å². The van der Waals surface area contributed by atoms with Gasteiger partial charge in [0.25, 0.3) is 5.91 Å². The second-order valence-corrected chi connectivity index (χ2v) is 10.5. The van der Waals surface area contributed by atoms with Crippen molar-refractivity contribution in [2.75, 3.05) is 19.0 Å². The fourth-order valence-corrected chi connectivity index (χ4v) is 5.93. The van der Waals surface area contributed by atoms with E-state index >= 15 is 0 Å². The molecule has 0 aliphatic heterocycles. The molecule has 1 aliphatic rings. The smallest absolute Gasteiger partial charge is 0.341 e. The van der Waals surface area contributed by atoms with Crippen LogP contribution in [0.4, 0.5) is 5.00 Å². The van der Waals surface area contributed by atoms with E-state index < -0.39 is 24.5 Å². The van der Waals surface area contributed by atoms with Gasteiger partial charge in [0.1, 0.15) is 10.8 Å². The molecule has 2 aromatic heterocycles. The molecule has 190 valence electrons. The summed E-state index contributed by atoms with van der Waals surface area (Å²) >= 11 is 1.39. The summed E-state index contributed by atoms with van der Waals surface area (Å²) in [5.41, 5.74) is 5.16. The van der Waals surface area contributed by atoms with E-state index in [0.717, 1.165) is 46.3 Å². The van der Waals surface area contributed by atoms with Gasteiger partial charge in [-0.25, -0.2) is 14.6 Å². The first-order valence-corrected chi connectivity index (χ1v) is 12.9. The molecule has 9 heteroatoms. The van der Waals surface area contributed by atoms with E-state index in [-0.39, 0.29) is 0 Å². The minimum atomic E-state index is -0.629. The number of aromatic nitrogens is 2. The third kappa shape index (κ3) is 5.13. The van der Waals surface area contributed by atoms with Crippen LogP contribution in [-0.4, -0.2) is 41.5 Å². The zero-order valence-corrected chi connectivity index (χ0v) is 21.7. The number of imidazole rings is 1. The molecule has 0 saturated heterocycles. The van der Waals surface area contributed by atoms with Crippen LogP contribution in [-0.2, 0) is 27.1 Å². The highest BCUT2D eigenvalue weighted by atomic mass is 32.1. The van der Waals surface area contributed by atoms with Gasteiger partial charge in [0, 0.05) is 10.4 Å². The Kier molecular flexibility index (Phi) is 6.80. The summed E-state index contributed by atoms with van der Waals surface area (Å²) in [6, 6.07) is 13.0. The van der Waals surface area contributed by atoms with Gasteiger partial charge in [0.05, 0.1) is 29.3 Å². The number of hydrogen-bond donors (Lipinski definition) is 2. The maximum atomic E-state index is 12.7. The summed E-state index contributed by atoms with van der Waals surface area (Å²) in [4.78, 5) is 46.6. The van der Waals surface area contributed by atoms with Crippen LogP contribution in [0, 0.1) is 12.8 Å². The monoisotopic (exact) mass is 517 g/mol. The predicted molar refractivity (Wildman–Crippen MR) is 142 cm³/mol. The number of amides is 1. The number of ether oxygens (including phenoxy) is 2. The van der Waals surface area contributed by atoms with Crippen LogP contribution < -0.4 is 5.32 Å². The topological polar surface area (TPSA) is 110 Å². The van der Waals surface area contributed by atoms with Crippen LogP contribution in [0.3, 0.4) is 0 Å². The Labute approximate surface area is 218 Å². The maximum absolute atomic E-state index is 12.7. The molecule has 1 amide bonds. The molecule has 0 saturated carbocycles. The van der Waals surface area contributed by atoms with E-state index in [1.807, 2.05) is 31.2 Å². The molecule has 2 heterocycles. The Morgan fingerprint density at radius 2 is 1.92 bits per heavy atom. The molecule has 37 heavy (non-hydrogen) atoms. The first-order valence-electron chi connectivity index (χ1n) is 12.1. The number of hydrogen-bond acceptors (Lipinski definition) is 7. The van der Waals surface area contributed by atoms with Gasteiger partial charge in [-0.1, -0.05) is 36.8 Å². The Morgan fingerprint density at radius 3 is 2.68 bits per heavy atom. The minimum Gasteiger partial charge on any atom is -0.465 e. The van der Waals surface area contributed by atoms with Gasteiger partial charge in [-0.3, -0.25) is 4.79 Å². The molecule has 8 nitrogen and oxygen atoms in total. The second kappa shape index (κ2) is 10.2. The summed E-state index contributed by atoms with van der Waals surface area (Å²) in [5.74, 6) is -0.404. The number of H-pyrrole nitrogens is 1. The van der Waals surface area contributed by atoms with Crippen LogP contribution in [0.5, 0.6) is 0 Å². The molecule has 0 radical (unpaired) electrons. The van der Waals surface area contributed by atoms with Gasteiger partial charge >= 0.3 is 11.9 Å². The summed E-state index contributed by atoms with van der Waals surface area (Å²) in [6.07, 6.45) is 2.60. The molecule has 0 fully saturated rings. The van der Waals surface area contributed by atoms with Gasteiger partial charge in [-0.15, -0.1) is 11.3 Å². The molecule has 1 atom stereocenters. The number of anilines is 1. The molecule has 5 rings (SSSR count). The van der Waals surface area contributed by atoms with E-state index in [2.05, 4.69) is 22.2 Å². The van der Waals surface area contributed by atoms with Gasteiger partial charge < -0.3 is 19.8 Å². The van der Waals surface area contributed by atoms with Crippen molar-refractivity contribution in [3.8, 4) is 11.4 Å². The highest BCUT2D eigenvalue weighted by Gasteiger charge is 2.29. The molecule has 0 spiro atoms. The van der Waals surface area contributed by atoms with E-state index in [1.54, 1.807) is 18.2 Å². The third-order valence-corrected chi connectivity index (χ3v) is 7.70. The number of rotatable bonds is 6. The number of carbonyl (C=O) groups is 3. The van der Waals surface area contributed by atoms with Crippen molar-refractivity contribution < 1.29 is 23.9 Å². The number of esters is 2. The SMILES string of the molecule is COC(=O)c1c(NC(=O)COC(=O)c2ccc3nc(-c4ccc(C)cc4)[nH]c3c2)sc2c1CCC(C)C2. The maximum Gasteiger partial charge on any atom is 0.341 e. The van der Waals surface area contributed by atoms with Crippen molar-refractivity contribution in [2.45, 2.75) is 33.1 Å². The average molecular weight is 518 g/mol. The summed E-state index contributed by atoms with van der Waals surface area (Å²) in [7, 11) is 1.32. The van der Waals surface area contributed by atoms with Crippen LogP contribution >= 0.6 is 11.3 Å². The van der Waals surface area contributed by atoms with Gasteiger partial charge in [0.2, 0.25) is 0 Å². The first-order chi connectivity index (χ1) is 17.8. The number of benzene rings is 2. The summed E-state index contributed by atoms with van der Waals surface area (Å²) < 4.78 is 10.2. The number of aryl methyl sites for hydroxylation is 1. The molecule has 1 unspecified atom stereocenters. The Balaban J connectivity index is 1.26. The third-order valence-electron chi connectivity index (χ3n) is 6.53. The molecule has 4 aromatic rings. The van der Waals surface area contributed by atoms with E-state index in [9.17, 15) is 14.4 Å². The van der Waals surface area contributed by atoms with Crippen LogP contribution in [0.25, 0.3) is 22.4 Å². The number of thiophene rings is 1. The van der Waals surface area contributed by atoms with Crippen molar-refractivity contribution in [3.63, 3.8) is 0 Å². The minimum absolute atomic E-state index is 0.301. The van der Waals surface area contributed by atoms with Crippen molar-refractivity contribution in [2.24, 2.45) is 5.92 Å². The molecule has 1 aliphatic carbocycles. The highest BCUT2D eigenvalue weighted by molar-refractivity contribution is 7.17. The van der Waals surface area contributed by atoms with E-state index in [4.69, 9.17) is 9.47 Å². The number of fused-ring (bicyclic) bond motifs is 2. The normalized spacial score (nSPS) is 14.7. The molecule has 0 bridgehead atoms. The largest absolute Gasteiger partial charge is 0.465 e. The van der Waals surface area contributed by atoms with Crippen molar-refractivity contribution in [3.05, 3.63) is 69.6 Å². The second-order valence-electron chi connectivity index (χ2n) is 9.36. The number of nitrogens with one attached hydrogen (secondary N) is 2. The van der Waals surface area contributed by atoms with Gasteiger partial charge in [0.15, 0.2) is 6.61 Å². The zero-order valence-electron chi connectivity index (χ0n) is 20.8. The summed E-state index contributed by atoms with van der Waals surface area (Å²) in [5, 5.41) is 3.18. The van der Waals surface area contributed by atoms with E-state index in [0.29, 0.717) is 33.4 Å². The van der Waals surface area contributed by atoms with E-state index in [1.165, 1.54) is 18.4 Å². The Morgan fingerprint density at radius 1 is 1.14 bits per heavy atom. The lowest BCUT2D eigenvalue weighted by Gasteiger charge is -2.18. The standard InChI is InChI=1S/C28H27N3O5S/c1-15-4-7-17(8-5-15)25-29-20-11-9-18(13-21(20)30-25)27(33)36-14-23(32)31-26-24(28(34)35-3)19-10-6-16(2)12-22(19)37-26/h4-5,7-9,11,13,16H,6,10,12,14H2,1-3H3,(H,29,30)(H,31,32). The lowest BCUT2D eigenvalue weighted by atomic mass is 9.88. The number of carbonyl (C=O) groups excluding carboxylic acids is 3. The van der Waals surface area contributed by atoms with Crippen LogP contribution in [0.2, 0.25) is 0 Å². The van der Waals surface area contributed by atoms with Gasteiger partial charge in [-0.05, 0) is 55.9 Å². The number of nitrogens with zero attached hydrogens (tertiary/aromatic N) is 1.